The van der Waals surface area contributed by atoms with Crippen LogP contribution in [0.25, 0.3) is 11.3 Å². The molecular weight excluding hydrogens is 587 g/mol. The van der Waals surface area contributed by atoms with E-state index in [1.807, 2.05) is 24.3 Å². The van der Waals surface area contributed by atoms with Gasteiger partial charge in [-0.2, -0.15) is 18.3 Å². The molecule has 0 amide bonds. The van der Waals surface area contributed by atoms with E-state index >= 15 is 0 Å². The lowest BCUT2D eigenvalue weighted by Gasteiger charge is -2.42. The minimum Gasteiger partial charge on any atom is -0.475 e. The van der Waals surface area contributed by atoms with Crippen molar-refractivity contribution in [3.8, 4) is 11.3 Å². The summed E-state index contributed by atoms with van der Waals surface area (Å²) < 4.78 is 38.5. The Hall–Kier alpha value is -2.40. The summed E-state index contributed by atoms with van der Waals surface area (Å²) in [5.74, 6) is -1.85. The molecule has 2 N–H and O–H groups in total. The minimum atomic E-state index is -5.08. The van der Waals surface area contributed by atoms with Crippen molar-refractivity contribution in [2.75, 3.05) is 26.3 Å². The summed E-state index contributed by atoms with van der Waals surface area (Å²) >= 11 is 9.65. The van der Waals surface area contributed by atoms with E-state index in [4.69, 9.17) is 26.2 Å². The number of benzene rings is 2. The number of rotatable bonds is 4. The Morgan fingerprint density at radius 2 is 1.68 bits per heavy atom. The molecule has 2 aromatic carbocycles. The van der Waals surface area contributed by atoms with E-state index in [0.29, 0.717) is 17.9 Å². The molecule has 0 radical (unpaired) electrons. The molecule has 0 spiro atoms. The molecule has 1 saturated carbocycles. The van der Waals surface area contributed by atoms with Crippen molar-refractivity contribution in [2.24, 2.45) is 0 Å². The van der Waals surface area contributed by atoms with Crippen LogP contribution in [-0.4, -0.2) is 64.7 Å². The molecule has 11 heteroatoms. The van der Waals surface area contributed by atoms with Crippen molar-refractivity contribution in [3.05, 3.63) is 75.4 Å². The number of aromatic amines is 1. The zero-order chi connectivity index (χ0) is 27.3. The first-order valence-electron chi connectivity index (χ1n) is 12.3. The molecule has 3 aromatic rings. The van der Waals surface area contributed by atoms with Crippen LogP contribution >= 0.6 is 27.5 Å². The molecule has 6 nitrogen and oxygen atoms in total. The fourth-order valence-electron chi connectivity index (χ4n) is 5.17. The fourth-order valence-corrected chi connectivity index (χ4v) is 5.56. The number of nitrogens with one attached hydrogen (secondary N) is 1. The number of hydrogen-bond acceptors (Lipinski definition) is 4. The van der Waals surface area contributed by atoms with E-state index in [-0.39, 0.29) is 0 Å². The van der Waals surface area contributed by atoms with Crippen LogP contribution in [0, 0.1) is 0 Å². The summed E-state index contributed by atoms with van der Waals surface area (Å²) in [7, 11) is 0. The number of aliphatic carboxylic acids is 1. The van der Waals surface area contributed by atoms with Crippen LogP contribution in [0.2, 0.25) is 5.02 Å². The van der Waals surface area contributed by atoms with E-state index in [1.54, 1.807) is 0 Å². The maximum Gasteiger partial charge on any atom is 0.490 e. The summed E-state index contributed by atoms with van der Waals surface area (Å²) in [6.45, 7) is 3.81. The molecule has 1 aromatic heterocycles. The van der Waals surface area contributed by atoms with Crippen LogP contribution in [0.15, 0.2) is 59.1 Å². The summed E-state index contributed by atoms with van der Waals surface area (Å²) in [5.41, 5.74) is 4.72. The number of H-pyrrole nitrogens is 1. The third-order valence-electron chi connectivity index (χ3n) is 7.06. The van der Waals surface area contributed by atoms with Gasteiger partial charge in [-0.15, -0.1) is 0 Å². The molecule has 38 heavy (non-hydrogen) atoms. The van der Waals surface area contributed by atoms with Crippen LogP contribution in [0.3, 0.4) is 0 Å². The summed E-state index contributed by atoms with van der Waals surface area (Å²) in [5, 5.41) is 15.9. The first kappa shape index (κ1) is 28.6. The van der Waals surface area contributed by atoms with Gasteiger partial charge < -0.3 is 9.84 Å². The van der Waals surface area contributed by atoms with Crippen molar-refractivity contribution in [1.29, 1.82) is 0 Å². The van der Waals surface area contributed by atoms with Crippen molar-refractivity contribution in [3.63, 3.8) is 0 Å². The topological polar surface area (TPSA) is 78.5 Å². The van der Waals surface area contributed by atoms with Gasteiger partial charge in [0.2, 0.25) is 0 Å². The smallest absolute Gasteiger partial charge is 0.475 e. The summed E-state index contributed by atoms with van der Waals surface area (Å²) in [6.07, 6.45) is -1.54. The molecule has 3 atom stereocenters. The first-order chi connectivity index (χ1) is 18.1. The molecule has 0 bridgehead atoms. The largest absolute Gasteiger partial charge is 0.490 e. The van der Waals surface area contributed by atoms with E-state index in [9.17, 15) is 13.2 Å². The van der Waals surface area contributed by atoms with Crippen LogP contribution in [-0.2, 0) is 9.53 Å². The lowest BCUT2D eigenvalue weighted by Crippen LogP contribution is -2.46. The van der Waals surface area contributed by atoms with Gasteiger partial charge in [-0.1, -0.05) is 51.8 Å². The Kier molecular flexibility index (Phi) is 9.51. The highest BCUT2D eigenvalue weighted by Gasteiger charge is 2.38. The van der Waals surface area contributed by atoms with Gasteiger partial charge in [0.05, 0.1) is 18.9 Å². The monoisotopic (exact) mass is 613 g/mol. The van der Waals surface area contributed by atoms with Gasteiger partial charge in [-0.05, 0) is 61.1 Å². The highest BCUT2D eigenvalue weighted by molar-refractivity contribution is 9.10. The van der Waals surface area contributed by atoms with Crippen LogP contribution in [0.5, 0.6) is 0 Å². The molecule has 2 fully saturated rings. The second-order valence-electron chi connectivity index (χ2n) is 9.40. The van der Waals surface area contributed by atoms with Gasteiger partial charge in [0.1, 0.15) is 0 Å². The Morgan fingerprint density at radius 1 is 1.05 bits per heavy atom. The van der Waals surface area contributed by atoms with Crippen LogP contribution in [0.4, 0.5) is 13.2 Å². The maximum absolute atomic E-state index is 10.6. The Morgan fingerprint density at radius 3 is 2.29 bits per heavy atom. The number of aromatic nitrogens is 2. The van der Waals surface area contributed by atoms with Crippen LogP contribution in [0.1, 0.15) is 42.4 Å². The van der Waals surface area contributed by atoms with Crippen LogP contribution < -0.4 is 0 Å². The van der Waals surface area contributed by atoms with E-state index in [1.165, 1.54) is 24.1 Å². The molecule has 2 heterocycles. The number of ether oxygens (including phenoxy) is 1. The zero-order valence-corrected chi connectivity index (χ0v) is 22.8. The number of morpholine rings is 1. The molecular formula is C27H28BrClF3N3O3. The minimum absolute atomic E-state index is 0.437. The van der Waals surface area contributed by atoms with Gasteiger partial charge in [0.15, 0.2) is 0 Å². The number of halogens is 5. The third kappa shape index (κ3) is 7.37. The average Bonchev–Trinajstić information content (AvgIpc) is 3.40. The Labute approximate surface area is 232 Å². The van der Waals surface area contributed by atoms with E-state index in [2.05, 4.69) is 61.4 Å². The second-order valence-corrected chi connectivity index (χ2v) is 10.8. The summed E-state index contributed by atoms with van der Waals surface area (Å²) in [4.78, 5) is 11.5. The first-order valence-corrected chi connectivity index (χ1v) is 13.5. The molecule has 1 saturated heterocycles. The standard InChI is InChI=1S/C25H27BrClN3O.C2HF3O2/c26-19-5-1-17(2-6-19)23-15-21(30-11-13-31-14-12-30)9-10-22(23)25-16-24(28-29-25)18-3-7-20(27)8-4-18;3-2(4,5)1(6)7/h1-8,16,21-23H,9-15H2,(H,28,29);(H,6,7)/t21-,22-,23+;/m1./s1. The number of carboxylic acid groups (broad SMARTS) is 1. The van der Waals surface area contributed by atoms with Gasteiger partial charge >= 0.3 is 12.1 Å². The highest BCUT2D eigenvalue weighted by atomic mass is 79.9. The lowest BCUT2D eigenvalue weighted by atomic mass is 9.71. The number of carboxylic acids is 1. The molecule has 204 valence electrons. The quantitative estimate of drug-likeness (QED) is 0.335. The number of nitrogens with zero attached hydrogens (tertiary/aromatic N) is 2. The summed E-state index contributed by atoms with van der Waals surface area (Å²) in [6, 6.07) is 19.6. The van der Waals surface area contributed by atoms with E-state index in [0.717, 1.165) is 53.5 Å². The lowest BCUT2D eigenvalue weighted by molar-refractivity contribution is -0.192. The number of alkyl halides is 3. The Balaban J connectivity index is 0.000000426. The predicted octanol–water partition coefficient (Wildman–Crippen LogP) is 6.88. The molecule has 1 aliphatic heterocycles. The van der Waals surface area contributed by atoms with Crippen molar-refractivity contribution >= 4 is 33.5 Å². The third-order valence-corrected chi connectivity index (χ3v) is 7.84. The molecule has 2 aliphatic rings. The van der Waals surface area contributed by atoms with Gasteiger partial charge in [0, 0.05) is 45.8 Å². The molecule has 0 unspecified atom stereocenters. The second kappa shape index (κ2) is 12.6. The fraction of sp³-hybridized carbons (Fsp3) is 0.407. The highest BCUT2D eigenvalue weighted by Crippen LogP contribution is 2.45. The molecule has 5 rings (SSSR count). The maximum atomic E-state index is 10.6. The Bertz CT molecular complexity index is 1200. The average molecular weight is 615 g/mol. The van der Waals surface area contributed by atoms with Crippen molar-refractivity contribution < 1.29 is 27.8 Å². The van der Waals surface area contributed by atoms with Gasteiger partial charge in [-0.25, -0.2) is 4.79 Å². The molecule has 1 aliphatic carbocycles. The van der Waals surface area contributed by atoms with Crippen molar-refractivity contribution in [1.82, 2.24) is 15.1 Å². The number of hydrogen-bond donors (Lipinski definition) is 2. The van der Waals surface area contributed by atoms with Gasteiger partial charge in [0.25, 0.3) is 0 Å². The van der Waals surface area contributed by atoms with Crippen molar-refractivity contribution in [2.45, 2.75) is 43.3 Å². The van der Waals surface area contributed by atoms with Gasteiger partial charge in [-0.3, -0.25) is 10.00 Å². The SMILES string of the molecule is Clc1ccc(-c2cc([C@@H]3CC[C@@H](N4CCOCC4)C[C@H]3c3ccc(Br)cc3)[nH]n2)cc1.O=C(O)C(F)(F)F. The predicted molar refractivity (Wildman–Crippen MR) is 142 cm³/mol. The van der Waals surface area contributed by atoms with E-state index < -0.39 is 12.1 Å². The normalized spacial score (nSPS) is 22.4. The zero-order valence-electron chi connectivity index (χ0n) is 20.4. The number of carbonyl (C=O) groups is 1.